The quantitative estimate of drug-likeness (QED) is 0.866. The Morgan fingerprint density at radius 2 is 2.14 bits per heavy atom. The van der Waals surface area contributed by atoms with E-state index in [0.29, 0.717) is 24.3 Å². The molecule has 1 amide bonds. The molecule has 1 atom stereocenters. The molecule has 2 saturated heterocycles. The van der Waals surface area contributed by atoms with Crippen molar-refractivity contribution in [3.05, 3.63) is 11.6 Å². The van der Waals surface area contributed by atoms with Crippen molar-refractivity contribution in [2.24, 2.45) is 0 Å². The largest absolute Gasteiger partial charge is 0.343 e. The number of aromatic amines is 1. The zero-order valence-electron chi connectivity index (χ0n) is 13.5. The van der Waals surface area contributed by atoms with Crippen LogP contribution in [0.15, 0.2) is 0 Å². The van der Waals surface area contributed by atoms with Gasteiger partial charge in [-0.25, -0.2) is 4.98 Å². The number of aromatic nitrogens is 3. The molecule has 3 rings (SSSR count). The van der Waals surface area contributed by atoms with E-state index < -0.39 is 0 Å². The predicted molar refractivity (Wildman–Crippen MR) is 84.6 cm³/mol. The topological polar surface area (TPSA) is 73.9 Å². The van der Waals surface area contributed by atoms with Crippen LogP contribution in [0.4, 0.5) is 0 Å². The zero-order valence-corrected chi connectivity index (χ0v) is 13.5. The third-order valence-electron chi connectivity index (χ3n) is 4.97. The van der Waals surface area contributed by atoms with Crippen LogP contribution < -0.4 is 5.32 Å². The number of nitrogens with zero attached hydrogens (tertiary/aromatic N) is 3. The number of amides is 1. The molecule has 0 saturated carbocycles. The van der Waals surface area contributed by atoms with Crippen molar-refractivity contribution < 1.29 is 4.79 Å². The molecule has 2 aliphatic heterocycles. The first kappa shape index (κ1) is 15.5. The van der Waals surface area contributed by atoms with Crippen LogP contribution in [0.3, 0.4) is 0 Å². The molecular weight excluding hydrogens is 278 g/mol. The zero-order chi connectivity index (χ0) is 15.4. The van der Waals surface area contributed by atoms with Gasteiger partial charge in [-0.05, 0) is 38.6 Å². The number of hydrogen-bond donors (Lipinski definition) is 2. The Labute approximate surface area is 132 Å². The number of nitrogens with one attached hydrogen (secondary N) is 2. The van der Waals surface area contributed by atoms with E-state index >= 15 is 0 Å². The number of hydrogen-bond acceptors (Lipinski definition) is 4. The van der Waals surface area contributed by atoms with Gasteiger partial charge in [0.15, 0.2) is 5.82 Å². The van der Waals surface area contributed by atoms with Crippen LogP contribution in [0.2, 0.25) is 0 Å². The van der Waals surface area contributed by atoms with Gasteiger partial charge in [0, 0.05) is 37.9 Å². The summed E-state index contributed by atoms with van der Waals surface area (Å²) in [5.74, 6) is 2.60. The van der Waals surface area contributed by atoms with Crippen molar-refractivity contribution in [1.82, 2.24) is 25.4 Å². The van der Waals surface area contributed by atoms with E-state index in [0.717, 1.165) is 57.0 Å². The molecule has 122 valence electrons. The minimum absolute atomic E-state index is 0.316. The Morgan fingerprint density at radius 3 is 2.77 bits per heavy atom. The molecule has 0 aromatic carbocycles. The van der Waals surface area contributed by atoms with Gasteiger partial charge in [-0.1, -0.05) is 6.92 Å². The average Bonchev–Trinajstić information content (AvgIpc) is 3.24. The standard InChI is InChI=1S/C16H27N5O/c1-2-14-18-16(20-19-14)12-7-10-21(11-8-12)15(22)6-5-13-4-3-9-17-13/h12-13,17H,2-11H2,1H3,(H,18,19,20). The SMILES string of the molecule is CCc1nc(C2CCN(C(=O)CCC3CCCN3)CC2)n[nH]1. The summed E-state index contributed by atoms with van der Waals surface area (Å²) in [5, 5.41) is 10.8. The lowest BCUT2D eigenvalue weighted by molar-refractivity contribution is -0.132. The second-order valence-corrected chi connectivity index (χ2v) is 6.48. The molecule has 2 N–H and O–H groups in total. The molecule has 22 heavy (non-hydrogen) atoms. The van der Waals surface area contributed by atoms with E-state index in [1.54, 1.807) is 0 Å². The fourth-order valence-corrected chi connectivity index (χ4v) is 3.50. The summed E-state index contributed by atoms with van der Waals surface area (Å²) in [5.41, 5.74) is 0. The molecule has 1 aromatic rings. The Hall–Kier alpha value is -1.43. The van der Waals surface area contributed by atoms with E-state index in [1.807, 2.05) is 4.90 Å². The third kappa shape index (κ3) is 3.66. The number of aryl methyl sites for hydroxylation is 1. The van der Waals surface area contributed by atoms with Gasteiger partial charge < -0.3 is 10.2 Å². The first-order valence-corrected chi connectivity index (χ1v) is 8.68. The first-order valence-electron chi connectivity index (χ1n) is 8.68. The van der Waals surface area contributed by atoms with Crippen LogP contribution in [0.25, 0.3) is 0 Å². The Bertz CT molecular complexity index is 486. The van der Waals surface area contributed by atoms with Crippen molar-refractivity contribution in [3.63, 3.8) is 0 Å². The van der Waals surface area contributed by atoms with Gasteiger partial charge in [0.25, 0.3) is 0 Å². The Balaban J connectivity index is 1.43. The maximum atomic E-state index is 12.3. The van der Waals surface area contributed by atoms with Crippen LogP contribution in [0.1, 0.15) is 63.0 Å². The van der Waals surface area contributed by atoms with E-state index in [4.69, 9.17) is 0 Å². The van der Waals surface area contributed by atoms with E-state index in [1.165, 1.54) is 12.8 Å². The van der Waals surface area contributed by atoms with Crippen molar-refractivity contribution in [2.45, 2.75) is 63.8 Å². The summed E-state index contributed by atoms with van der Waals surface area (Å²) in [4.78, 5) is 18.9. The molecular formula is C16H27N5O. The minimum Gasteiger partial charge on any atom is -0.343 e. The average molecular weight is 305 g/mol. The van der Waals surface area contributed by atoms with E-state index in [-0.39, 0.29) is 0 Å². The number of likely N-dealkylation sites (tertiary alicyclic amines) is 1. The van der Waals surface area contributed by atoms with Crippen molar-refractivity contribution in [3.8, 4) is 0 Å². The third-order valence-corrected chi connectivity index (χ3v) is 4.97. The normalized spacial score (nSPS) is 23.1. The highest BCUT2D eigenvalue weighted by Gasteiger charge is 2.26. The highest BCUT2D eigenvalue weighted by atomic mass is 16.2. The van der Waals surface area contributed by atoms with Crippen LogP contribution >= 0.6 is 0 Å². The molecule has 2 aliphatic rings. The Morgan fingerprint density at radius 1 is 1.32 bits per heavy atom. The summed E-state index contributed by atoms with van der Waals surface area (Å²) in [7, 11) is 0. The van der Waals surface area contributed by atoms with Gasteiger partial charge in [-0.3, -0.25) is 9.89 Å². The van der Waals surface area contributed by atoms with Crippen LogP contribution in [0.5, 0.6) is 0 Å². The number of piperidine rings is 1. The van der Waals surface area contributed by atoms with Crippen molar-refractivity contribution >= 4 is 5.91 Å². The lowest BCUT2D eigenvalue weighted by atomic mass is 9.95. The summed E-state index contributed by atoms with van der Waals surface area (Å²) in [6.07, 6.45) is 6.99. The first-order chi connectivity index (χ1) is 10.8. The second-order valence-electron chi connectivity index (χ2n) is 6.48. The highest BCUT2D eigenvalue weighted by Crippen LogP contribution is 2.26. The van der Waals surface area contributed by atoms with E-state index in [2.05, 4.69) is 27.4 Å². The molecule has 1 unspecified atom stereocenters. The monoisotopic (exact) mass is 305 g/mol. The summed E-state index contributed by atoms with van der Waals surface area (Å²) in [6, 6.07) is 0.558. The van der Waals surface area contributed by atoms with Crippen molar-refractivity contribution in [1.29, 1.82) is 0 Å². The van der Waals surface area contributed by atoms with Gasteiger partial charge in [0.1, 0.15) is 5.82 Å². The highest BCUT2D eigenvalue weighted by molar-refractivity contribution is 5.76. The smallest absolute Gasteiger partial charge is 0.222 e. The lowest BCUT2D eigenvalue weighted by Crippen LogP contribution is -2.38. The molecule has 0 radical (unpaired) electrons. The molecule has 3 heterocycles. The fraction of sp³-hybridized carbons (Fsp3) is 0.812. The lowest BCUT2D eigenvalue weighted by Gasteiger charge is -2.31. The fourth-order valence-electron chi connectivity index (χ4n) is 3.50. The summed E-state index contributed by atoms with van der Waals surface area (Å²) in [6.45, 7) is 4.88. The van der Waals surface area contributed by atoms with Gasteiger partial charge in [0.05, 0.1) is 0 Å². The van der Waals surface area contributed by atoms with Gasteiger partial charge >= 0.3 is 0 Å². The number of carbonyl (C=O) groups excluding carboxylic acids is 1. The number of carbonyl (C=O) groups is 1. The predicted octanol–water partition coefficient (Wildman–Crippen LogP) is 1.61. The van der Waals surface area contributed by atoms with Crippen LogP contribution in [0, 0.1) is 0 Å². The number of H-pyrrole nitrogens is 1. The van der Waals surface area contributed by atoms with Gasteiger partial charge in [0.2, 0.25) is 5.91 Å². The second kappa shape index (κ2) is 7.22. The molecule has 0 spiro atoms. The Kier molecular flexibility index (Phi) is 5.08. The summed E-state index contributed by atoms with van der Waals surface area (Å²) < 4.78 is 0. The molecule has 6 nitrogen and oxygen atoms in total. The summed E-state index contributed by atoms with van der Waals surface area (Å²) >= 11 is 0. The van der Waals surface area contributed by atoms with Gasteiger partial charge in [-0.2, -0.15) is 5.10 Å². The van der Waals surface area contributed by atoms with Gasteiger partial charge in [-0.15, -0.1) is 0 Å². The molecule has 2 fully saturated rings. The van der Waals surface area contributed by atoms with Crippen LogP contribution in [-0.4, -0.2) is 51.7 Å². The molecule has 6 heteroatoms. The van der Waals surface area contributed by atoms with Crippen molar-refractivity contribution in [2.75, 3.05) is 19.6 Å². The maximum Gasteiger partial charge on any atom is 0.222 e. The molecule has 0 bridgehead atoms. The maximum absolute atomic E-state index is 12.3. The minimum atomic E-state index is 0.316. The van der Waals surface area contributed by atoms with Crippen LogP contribution in [-0.2, 0) is 11.2 Å². The van der Waals surface area contributed by atoms with E-state index in [9.17, 15) is 4.79 Å². The molecule has 0 aliphatic carbocycles. The molecule has 1 aromatic heterocycles. The number of rotatable bonds is 5.